The van der Waals surface area contributed by atoms with Gasteiger partial charge in [0.2, 0.25) is 5.91 Å². The van der Waals surface area contributed by atoms with Crippen LogP contribution in [0.4, 0.5) is 0 Å². The summed E-state index contributed by atoms with van der Waals surface area (Å²) >= 11 is 0. The van der Waals surface area contributed by atoms with Crippen LogP contribution >= 0.6 is 0 Å². The summed E-state index contributed by atoms with van der Waals surface area (Å²) in [6, 6.07) is 7.02. The molecule has 1 atom stereocenters. The number of likely N-dealkylation sites (tertiary alicyclic amines) is 1. The Balaban J connectivity index is 1.94. The number of hydrogen-bond acceptors (Lipinski definition) is 3. The van der Waals surface area contributed by atoms with Crippen LogP contribution in [0.1, 0.15) is 18.4 Å². The summed E-state index contributed by atoms with van der Waals surface area (Å²) in [5.41, 5.74) is 0.696. The van der Waals surface area contributed by atoms with Crippen molar-refractivity contribution in [3.63, 3.8) is 0 Å². The summed E-state index contributed by atoms with van der Waals surface area (Å²) in [6.45, 7) is 2.28. The van der Waals surface area contributed by atoms with Crippen molar-refractivity contribution in [1.29, 1.82) is 0 Å². The largest absolute Gasteiger partial charge is 0.508 e. The monoisotopic (exact) mass is 263 g/mol. The molecule has 1 heterocycles. The second kappa shape index (κ2) is 6.57. The number of para-hydroxylation sites is 1. The highest BCUT2D eigenvalue weighted by Gasteiger charge is 2.23. The highest BCUT2D eigenvalue weighted by Crippen LogP contribution is 2.20. The highest BCUT2D eigenvalue weighted by atomic mass is 16.5. The fourth-order valence-corrected chi connectivity index (χ4v) is 2.60. The number of rotatable bonds is 4. The van der Waals surface area contributed by atoms with Gasteiger partial charge >= 0.3 is 0 Å². The number of methoxy groups -OCH3 is 1. The van der Waals surface area contributed by atoms with Crippen LogP contribution in [0.3, 0.4) is 0 Å². The molecule has 19 heavy (non-hydrogen) atoms. The van der Waals surface area contributed by atoms with Crippen molar-refractivity contribution in [3.05, 3.63) is 29.8 Å². The van der Waals surface area contributed by atoms with E-state index in [-0.39, 0.29) is 18.1 Å². The highest BCUT2D eigenvalue weighted by molar-refractivity contribution is 5.79. The molecule has 1 aromatic rings. The van der Waals surface area contributed by atoms with Crippen molar-refractivity contribution in [2.24, 2.45) is 5.92 Å². The number of nitrogens with zero attached hydrogens (tertiary/aromatic N) is 1. The molecule has 0 radical (unpaired) electrons. The molecule has 1 saturated heterocycles. The Morgan fingerprint density at radius 3 is 3.00 bits per heavy atom. The number of hydrogen-bond donors (Lipinski definition) is 1. The molecule has 2 rings (SSSR count). The van der Waals surface area contributed by atoms with Crippen molar-refractivity contribution < 1.29 is 14.6 Å². The molecule has 1 amide bonds. The van der Waals surface area contributed by atoms with Crippen LogP contribution in [-0.4, -0.2) is 42.7 Å². The molecule has 1 aromatic carbocycles. The van der Waals surface area contributed by atoms with Gasteiger partial charge in [0, 0.05) is 25.8 Å². The number of phenolic OH excluding ortho intramolecular Hbond substituents is 1. The van der Waals surface area contributed by atoms with Gasteiger partial charge in [-0.2, -0.15) is 0 Å². The zero-order valence-electron chi connectivity index (χ0n) is 11.3. The minimum Gasteiger partial charge on any atom is -0.508 e. The smallest absolute Gasteiger partial charge is 0.227 e. The first kappa shape index (κ1) is 13.9. The fraction of sp³-hybridized carbons (Fsp3) is 0.533. The molecule has 4 nitrogen and oxygen atoms in total. The average Bonchev–Trinajstić information content (AvgIpc) is 2.42. The second-order valence-electron chi connectivity index (χ2n) is 5.11. The predicted octanol–water partition coefficient (Wildman–Crippen LogP) is 1.82. The van der Waals surface area contributed by atoms with E-state index < -0.39 is 0 Å². The molecule has 0 aliphatic carbocycles. The van der Waals surface area contributed by atoms with Crippen LogP contribution in [0.2, 0.25) is 0 Å². The van der Waals surface area contributed by atoms with Gasteiger partial charge in [-0.3, -0.25) is 4.79 Å². The SMILES string of the molecule is COCC1CCCN(C(=O)Cc2ccccc2O)C1. The first-order valence-corrected chi connectivity index (χ1v) is 6.74. The molecule has 0 bridgehead atoms. The maximum Gasteiger partial charge on any atom is 0.227 e. The third-order valence-electron chi connectivity index (χ3n) is 3.61. The van der Waals surface area contributed by atoms with Crippen molar-refractivity contribution in [3.8, 4) is 5.75 Å². The van der Waals surface area contributed by atoms with Gasteiger partial charge in [0.05, 0.1) is 13.0 Å². The minimum absolute atomic E-state index is 0.0855. The first-order chi connectivity index (χ1) is 9.20. The Hall–Kier alpha value is -1.55. The van der Waals surface area contributed by atoms with Crippen LogP contribution in [0, 0.1) is 5.92 Å². The summed E-state index contributed by atoms with van der Waals surface area (Å²) in [5.74, 6) is 0.718. The van der Waals surface area contributed by atoms with Crippen LogP contribution in [-0.2, 0) is 16.0 Å². The van der Waals surface area contributed by atoms with E-state index >= 15 is 0 Å². The summed E-state index contributed by atoms with van der Waals surface area (Å²) in [6.07, 6.45) is 2.42. The van der Waals surface area contributed by atoms with Crippen molar-refractivity contribution in [2.75, 3.05) is 26.8 Å². The van der Waals surface area contributed by atoms with E-state index in [9.17, 15) is 9.90 Å². The molecule has 1 unspecified atom stereocenters. The van der Waals surface area contributed by atoms with Crippen LogP contribution in [0.25, 0.3) is 0 Å². The topological polar surface area (TPSA) is 49.8 Å². The molecule has 1 aliphatic rings. The van der Waals surface area contributed by atoms with E-state index in [1.807, 2.05) is 11.0 Å². The Bertz CT molecular complexity index is 431. The zero-order chi connectivity index (χ0) is 13.7. The predicted molar refractivity (Wildman–Crippen MR) is 73.0 cm³/mol. The fourth-order valence-electron chi connectivity index (χ4n) is 2.60. The molecule has 0 saturated carbocycles. The Labute approximate surface area is 114 Å². The average molecular weight is 263 g/mol. The lowest BCUT2D eigenvalue weighted by Crippen LogP contribution is -2.41. The summed E-state index contributed by atoms with van der Waals surface area (Å²) in [4.78, 5) is 14.1. The lowest BCUT2D eigenvalue weighted by Gasteiger charge is -2.32. The molecular formula is C15H21NO3. The summed E-state index contributed by atoms with van der Waals surface area (Å²) in [7, 11) is 1.70. The van der Waals surface area contributed by atoms with Gasteiger partial charge in [-0.25, -0.2) is 0 Å². The van der Waals surface area contributed by atoms with Crippen LogP contribution in [0.15, 0.2) is 24.3 Å². The zero-order valence-corrected chi connectivity index (χ0v) is 11.3. The van der Waals surface area contributed by atoms with Gasteiger partial charge in [-0.05, 0) is 24.8 Å². The van der Waals surface area contributed by atoms with E-state index in [1.165, 1.54) is 0 Å². The van der Waals surface area contributed by atoms with Gasteiger partial charge in [0.15, 0.2) is 0 Å². The van der Waals surface area contributed by atoms with Crippen molar-refractivity contribution in [1.82, 2.24) is 4.90 Å². The summed E-state index contributed by atoms with van der Waals surface area (Å²) in [5, 5.41) is 9.70. The normalized spacial score (nSPS) is 19.4. The maximum absolute atomic E-state index is 12.2. The van der Waals surface area contributed by atoms with E-state index in [2.05, 4.69) is 0 Å². The second-order valence-corrected chi connectivity index (χ2v) is 5.11. The van der Waals surface area contributed by atoms with Gasteiger partial charge < -0.3 is 14.7 Å². The third kappa shape index (κ3) is 3.70. The molecular weight excluding hydrogens is 242 g/mol. The minimum atomic E-state index is 0.0855. The number of phenols is 1. The standard InChI is InChI=1S/C15H21NO3/c1-19-11-12-5-4-8-16(10-12)15(18)9-13-6-2-3-7-14(13)17/h2-3,6-7,12,17H,4-5,8-11H2,1H3. The molecule has 0 spiro atoms. The van der Waals surface area contributed by atoms with E-state index in [1.54, 1.807) is 25.3 Å². The lowest BCUT2D eigenvalue weighted by molar-refractivity contribution is -0.132. The quantitative estimate of drug-likeness (QED) is 0.901. The van der Waals surface area contributed by atoms with Crippen LogP contribution in [0.5, 0.6) is 5.75 Å². The number of benzene rings is 1. The number of carbonyl (C=O) groups is 1. The lowest BCUT2D eigenvalue weighted by atomic mass is 9.98. The molecule has 1 N–H and O–H groups in total. The molecule has 1 fully saturated rings. The number of aromatic hydroxyl groups is 1. The molecule has 4 heteroatoms. The van der Waals surface area contributed by atoms with Gasteiger partial charge in [-0.1, -0.05) is 18.2 Å². The first-order valence-electron chi connectivity index (χ1n) is 6.74. The van der Waals surface area contributed by atoms with Crippen molar-refractivity contribution in [2.45, 2.75) is 19.3 Å². The Morgan fingerprint density at radius 2 is 2.26 bits per heavy atom. The maximum atomic E-state index is 12.2. The number of ether oxygens (including phenoxy) is 1. The molecule has 0 aromatic heterocycles. The van der Waals surface area contributed by atoms with E-state index in [4.69, 9.17) is 4.74 Å². The van der Waals surface area contributed by atoms with Gasteiger partial charge in [-0.15, -0.1) is 0 Å². The number of carbonyl (C=O) groups excluding carboxylic acids is 1. The molecule has 1 aliphatic heterocycles. The number of amides is 1. The third-order valence-corrected chi connectivity index (χ3v) is 3.61. The van der Waals surface area contributed by atoms with Gasteiger partial charge in [0.1, 0.15) is 5.75 Å². The van der Waals surface area contributed by atoms with Crippen LogP contribution < -0.4 is 0 Å². The Kier molecular flexibility index (Phi) is 4.80. The number of piperidine rings is 1. The van der Waals surface area contributed by atoms with Gasteiger partial charge in [0.25, 0.3) is 0 Å². The van der Waals surface area contributed by atoms with E-state index in [0.717, 1.165) is 25.9 Å². The van der Waals surface area contributed by atoms with Crippen molar-refractivity contribution >= 4 is 5.91 Å². The Morgan fingerprint density at radius 1 is 1.47 bits per heavy atom. The summed E-state index contributed by atoms with van der Waals surface area (Å²) < 4.78 is 5.17. The van der Waals surface area contributed by atoms with E-state index in [0.29, 0.717) is 18.1 Å². The molecule has 104 valence electrons.